The smallest absolute Gasteiger partial charge is 0.360 e. The van der Waals surface area contributed by atoms with Crippen molar-refractivity contribution in [1.29, 1.82) is 0 Å². The zero-order valence-electron chi connectivity index (χ0n) is 46.4. The highest BCUT2D eigenvalue weighted by atomic mass is 15.6. The van der Waals surface area contributed by atoms with Crippen LogP contribution in [0.1, 0.15) is 0 Å². The van der Waals surface area contributed by atoms with E-state index >= 15 is 0 Å². The van der Waals surface area contributed by atoms with Gasteiger partial charge in [0.2, 0.25) is 0 Å². The lowest BCUT2D eigenvalue weighted by atomic mass is 9.37. The van der Waals surface area contributed by atoms with Crippen LogP contribution in [0.4, 0.5) is 0 Å². The van der Waals surface area contributed by atoms with Gasteiger partial charge in [0.1, 0.15) is 0 Å². The summed E-state index contributed by atoms with van der Waals surface area (Å²) in [6.45, 7) is 14.9. The highest BCUT2D eigenvalue weighted by Gasteiger charge is 2.69. The van der Waals surface area contributed by atoms with Crippen LogP contribution in [-0.2, 0) is 0 Å². The summed E-state index contributed by atoms with van der Waals surface area (Å²) in [5.74, 6) is 0. The molecule has 0 unspecified atom stereocenters. The summed E-state index contributed by atoms with van der Waals surface area (Å²) in [4.78, 5) is 0. The lowest BCUT2D eigenvalue weighted by Crippen LogP contribution is -2.98. The second-order valence-electron chi connectivity index (χ2n) is 21.5. The highest BCUT2D eigenvalue weighted by Crippen LogP contribution is 2.33. The van der Waals surface area contributed by atoms with Gasteiger partial charge in [0.15, 0.2) is 0 Å². The third-order valence-electron chi connectivity index (χ3n) is 18.3. The van der Waals surface area contributed by atoms with Crippen molar-refractivity contribution in [2.24, 2.45) is 0 Å². The van der Waals surface area contributed by atoms with E-state index in [2.05, 4.69) is 290 Å². The second-order valence-corrected chi connectivity index (χ2v) is 21.5. The van der Waals surface area contributed by atoms with Crippen LogP contribution in [0.2, 0.25) is 40.9 Å². The maximum absolute atomic E-state index is 4.36. The van der Waals surface area contributed by atoms with E-state index < -0.39 is 0 Å². The maximum atomic E-state index is 4.36. The molecule has 5 N–H and O–H groups in total. The summed E-state index contributed by atoms with van der Waals surface area (Å²) < 4.78 is 48.5. The molecule has 67 heavy (non-hydrogen) atoms. The summed E-state index contributed by atoms with van der Waals surface area (Å²) >= 11 is 0. The molecule has 0 aromatic carbocycles. The Bertz CT molecular complexity index is 1660. The number of rotatable bonds is 6. The normalized spacial score (nSPS) is 27.4. The maximum Gasteiger partial charge on any atom is 0.381 e. The molecule has 42 heteroatoms. The van der Waals surface area contributed by atoms with Gasteiger partial charge in [-0.05, 0) is 134 Å². The molecule has 0 spiro atoms. The van der Waals surface area contributed by atoms with Crippen LogP contribution in [0.15, 0.2) is 0 Å². The minimum absolute atomic E-state index is 0.0389. The van der Waals surface area contributed by atoms with E-state index in [1.165, 1.54) is 0 Å². The van der Waals surface area contributed by atoms with Crippen molar-refractivity contribution < 1.29 is 0 Å². The Morgan fingerprint density at radius 3 is 1.03 bits per heavy atom. The quantitative estimate of drug-likeness (QED) is 0.162. The average molecular weight is 912 g/mol. The van der Waals surface area contributed by atoms with Gasteiger partial charge in [0, 0.05) is 0 Å². The molecule has 0 aliphatic carbocycles. The average Bonchev–Trinajstić information content (AvgIpc) is 3.28. The zero-order valence-corrected chi connectivity index (χ0v) is 46.4. The van der Waals surface area contributed by atoms with Crippen molar-refractivity contribution in [3.63, 3.8) is 0 Å². The van der Waals surface area contributed by atoms with E-state index in [4.69, 9.17) is 0 Å². The van der Waals surface area contributed by atoms with Crippen LogP contribution in [0.3, 0.4) is 0 Å². The van der Waals surface area contributed by atoms with Gasteiger partial charge in [-0.25, -0.2) is 0 Å². The zero-order chi connectivity index (χ0) is 49.9. The lowest BCUT2D eigenvalue weighted by molar-refractivity contribution is 0.398. The van der Waals surface area contributed by atoms with E-state index in [9.17, 15) is 0 Å². The Morgan fingerprint density at radius 2 is 0.612 bits per heavy atom. The van der Waals surface area contributed by atoms with E-state index in [1.54, 1.807) is 0 Å². The lowest BCUT2D eigenvalue weighted by Gasteiger charge is -2.66. The molecule has 7 aliphatic heterocycles. The molecule has 7 saturated heterocycles. The van der Waals surface area contributed by atoms with Crippen LogP contribution < -0.4 is 25.9 Å². The Hall–Kier alpha value is 0.209. The molecule has 7 fully saturated rings. The second kappa shape index (κ2) is 20.8. The Labute approximate surface area is 416 Å². The number of nitrogens with zero attached hydrogens (tertiary/aromatic N) is 19. The van der Waals surface area contributed by atoms with Crippen LogP contribution in [0, 0.1) is 0 Å². The number of fused-ring (bicyclic) bond motifs is 6. The van der Waals surface area contributed by atoms with Gasteiger partial charge < -0.3 is 115 Å². The molecule has 354 valence electrons. The van der Waals surface area contributed by atoms with Crippen molar-refractivity contribution in [3.8, 4) is 0 Å². The first-order valence-electron chi connectivity index (χ1n) is 24.7. The number of nitrogens with one attached hydrogen (secondary N) is 5. The fourth-order valence-electron chi connectivity index (χ4n) is 13.2. The van der Waals surface area contributed by atoms with Crippen molar-refractivity contribution in [1.82, 2.24) is 115 Å². The molecule has 7 aliphatic rings. The highest BCUT2D eigenvalue weighted by molar-refractivity contribution is 7.04. The van der Waals surface area contributed by atoms with Crippen LogP contribution in [0.25, 0.3) is 0 Å². The molecule has 24 nitrogen and oxygen atoms in total. The predicted octanol–water partition coefficient (Wildman–Crippen LogP) is -8.74. The molecule has 0 radical (unpaired) electrons. The minimum atomic E-state index is -0.230. The first-order chi connectivity index (χ1) is 31.3. The molecule has 0 aromatic rings. The third kappa shape index (κ3) is 8.79. The number of hydrogen-bond donors (Lipinski definition) is 5. The summed E-state index contributed by atoms with van der Waals surface area (Å²) in [6, 6.07) is 0. The fourth-order valence-corrected chi connectivity index (χ4v) is 13.2. The van der Waals surface area contributed by atoms with E-state index in [-0.39, 0.29) is 127 Å². The Kier molecular flexibility index (Phi) is 17.1. The van der Waals surface area contributed by atoms with E-state index in [0.29, 0.717) is 0 Å². The molecular formula is C25H80B18N24. The molecule has 0 amide bonds. The van der Waals surface area contributed by atoms with Gasteiger partial charge in [-0.3, -0.25) is 0 Å². The molecule has 0 saturated carbocycles. The molecule has 0 atom stereocenters. The van der Waals surface area contributed by atoms with Crippen LogP contribution >= 0.6 is 0 Å². The fraction of sp³-hybridized carbons (Fsp3) is 1.00. The molecule has 7 rings (SSSR count). The van der Waals surface area contributed by atoms with Gasteiger partial charge in [-0.2, -0.15) is 0 Å². The standard InChI is InChI=1S/C25H80B18N24/c1-26-46-32(44-7)58(18)38(49(26)9)66-40-56(16)31(6)57(17)41(65(40)25)67(39-54(14)29(4)51(11)30(5)55(39)15)43-63(23)36(47-34-52(12)27(2)50(10)28(3)53(34)13)60(20)37(64(43)24)48-35-59(19)33(45-8)61(21)42(66)62(35)22/h44-48H,1-25H3. The van der Waals surface area contributed by atoms with Crippen molar-refractivity contribution in [3.05, 3.63) is 0 Å². The molecule has 6 bridgehead atoms. The summed E-state index contributed by atoms with van der Waals surface area (Å²) in [7, 11) is 41.2. The number of hydrogen-bond acceptors (Lipinski definition) is 24. The van der Waals surface area contributed by atoms with Gasteiger partial charge in [0.25, 0.3) is 41.9 Å². The molecule has 7 heterocycles. The van der Waals surface area contributed by atoms with Crippen LogP contribution in [-0.4, -0.2) is 351 Å². The largest absolute Gasteiger partial charge is 0.381 e. The monoisotopic (exact) mass is 915 g/mol. The van der Waals surface area contributed by atoms with Crippen molar-refractivity contribution >= 4 is 127 Å². The third-order valence-corrected chi connectivity index (χ3v) is 18.3. The summed E-state index contributed by atoms with van der Waals surface area (Å²) in [6.07, 6.45) is 0. The minimum Gasteiger partial charge on any atom is -0.360 e. The SMILES string of the molecule is CNB1NB(C)N(C)B(N2B3N(C)B(NC)N(C)B(NB4N(C)B(NB5N(C)B(C)N(C)B(C)N5C)N(C)B(N4C)N(B4N(C)B(C)N(C)B(C)N4C)B4N(C)B(C)N(C)B2N4C)N3C)N1C. The summed E-state index contributed by atoms with van der Waals surface area (Å²) in [5.41, 5.74) is 0. The van der Waals surface area contributed by atoms with Gasteiger partial charge in [-0.1, -0.05) is 40.9 Å². The van der Waals surface area contributed by atoms with Gasteiger partial charge in [0.05, 0.1) is 0 Å². The molecule has 0 aromatic heterocycles. The van der Waals surface area contributed by atoms with Crippen molar-refractivity contribution in [2.45, 2.75) is 40.9 Å². The predicted molar refractivity (Wildman–Crippen MR) is 302 cm³/mol. The van der Waals surface area contributed by atoms with E-state index in [0.717, 1.165) is 0 Å². The van der Waals surface area contributed by atoms with Crippen LogP contribution in [0.5, 0.6) is 0 Å². The molecular weight excluding hydrogens is 831 g/mol. The van der Waals surface area contributed by atoms with E-state index in [1.807, 2.05) is 0 Å². The van der Waals surface area contributed by atoms with Crippen molar-refractivity contribution in [2.75, 3.05) is 134 Å². The Morgan fingerprint density at radius 1 is 0.284 bits per heavy atom. The first-order valence-corrected chi connectivity index (χ1v) is 24.7. The Balaban J connectivity index is 1.51. The van der Waals surface area contributed by atoms with Gasteiger partial charge in [-0.15, -0.1) is 0 Å². The first kappa shape index (κ1) is 55.0. The summed E-state index contributed by atoms with van der Waals surface area (Å²) in [5, 5.41) is 19.8. The topological polar surface area (TPSA) is 122 Å². The van der Waals surface area contributed by atoms with Gasteiger partial charge >= 0.3 is 85.4 Å².